The summed E-state index contributed by atoms with van der Waals surface area (Å²) in [6, 6.07) is 6.29. The highest BCUT2D eigenvalue weighted by Gasteiger charge is 1.70. The van der Waals surface area contributed by atoms with Crippen molar-refractivity contribution >= 4 is 0 Å². The van der Waals surface area contributed by atoms with E-state index < -0.39 is 0 Å². The maximum absolute atomic E-state index is 10.2. The summed E-state index contributed by atoms with van der Waals surface area (Å²) in [4.78, 5) is 28.8. The molecule has 0 aliphatic carbocycles. The summed E-state index contributed by atoms with van der Waals surface area (Å²) in [7, 11) is 0. The predicted molar refractivity (Wildman–Crippen MR) is 68.8 cm³/mol. The summed E-state index contributed by atoms with van der Waals surface area (Å²) in [5.74, 6) is 0. The van der Waals surface area contributed by atoms with Crippen LogP contribution in [0.4, 0.5) is 0 Å². The minimum absolute atomic E-state index is 0. The Morgan fingerprint density at radius 2 is 1.93 bits per heavy atom. The monoisotopic (exact) mass is 222 g/mol. The molecule has 0 spiro atoms. The van der Waals surface area contributed by atoms with E-state index in [1.165, 1.54) is 24.7 Å². The molecule has 0 aliphatic heterocycles. The van der Waals surface area contributed by atoms with Crippen LogP contribution in [0.3, 0.4) is 0 Å². The Labute approximate surface area is 103 Å². The molecule has 0 radical (unpaired) electrons. The molecule has 2 N–H and O–H groups in total. The molecule has 2 aromatic heterocycles. The number of hydrogen-bond donors (Lipinski definition) is 2. The van der Waals surface area contributed by atoms with Crippen LogP contribution in [0.5, 0.6) is 0 Å². The zero-order chi connectivity index (χ0) is 24.2. The second kappa shape index (κ2) is 5.47. The van der Waals surface area contributed by atoms with E-state index in [1.54, 1.807) is 18.3 Å². The van der Waals surface area contributed by atoms with Gasteiger partial charge in [0.05, 0.1) is 6.33 Å². The van der Waals surface area contributed by atoms with E-state index in [1.807, 2.05) is 0 Å². The lowest BCUT2D eigenvalue weighted by Gasteiger charge is -1.73. The maximum Gasteiger partial charge on any atom is 0.250 e. The van der Waals surface area contributed by atoms with Crippen LogP contribution >= 0.6 is 0 Å². The third-order valence-corrected chi connectivity index (χ3v) is 1.27. The molecule has 2 heterocycles. The van der Waals surface area contributed by atoms with Gasteiger partial charge < -0.3 is 9.97 Å². The van der Waals surface area contributed by atoms with E-state index in [2.05, 4.69) is 15.0 Å². The Balaban J connectivity index is -0.0000000313. The van der Waals surface area contributed by atoms with Gasteiger partial charge in [0.2, 0.25) is 5.56 Å². The van der Waals surface area contributed by atoms with Crippen molar-refractivity contribution in [3.05, 3.63) is 63.7 Å². The lowest BCUT2D eigenvalue weighted by atomic mass is 10.5. The van der Waals surface area contributed by atoms with Crippen molar-refractivity contribution in [3.63, 3.8) is 0 Å². The number of nitrogens with zero attached hydrogens (tertiary/aromatic N) is 1. The molecule has 0 saturated carbocycles. The molecule has 2 aromatic rings. The Bertz CT molecular complexity index is 424. The van der Waals surface area contributed by atoms with Crippen LogP contribution in [-0.4, -0.2) is 15.0 Å². The molecule has 0 amide bonds. The number of pyridine rings is 1. The summed E-state index contributed by atoms with van der Waals surface area (Å²) < 4.78 is 70.0. The van der Waals surface area contributed by atoms with Crippen LogP contribution in [0.15, 0.2) is 52.6 Å². The first kappa shape index (κ1) is 3.91. The van der Waals surface area contributed by atoms with Crippen LogP contribution in [0.25, 0.3) is 0 Å². The highest BCUT2D eigenvalue weighted by atomic mass is 16.1. The fourth-order valence-electron chi connectivity index (χ4n) is 0.680. The second-order valence-electron chi connectivity index (χ2n) is 2.33. The molecule has 0 aromatic carbocycles. The summed E-state index contributed by atoms with van der Waals surface area (Å²) >= 11 is 0. The van der Waals surface area contributed by atoms with Gasteiger partial charge in [-0.2, -0.15) is 0 Å². The zero-order valence-electron chi connectivity index (χ0n) is 21.3. The van der Waals surface area contributed by atoms with Gasteiger partial charge >= 0.3 is 0 Å². The Hall–Kier alpha value is -2.17. The first-order valence-corrected chi connectivity index (χ1v) is 3.91. The Morgan fingerprint density at radius 3 is 2.21 bits per heavy atom. The minimum atomic E-state index is -0.116. The van der Waals surface area contributed by atoms with E-state index in [4.69, 9.17) is 20.8 Å². The van der Waals surface area contributed by atoms with Gasteiger partial charge in [0.15, 0.2) is 0 Å². The van der Waals surface area contributed by atoms with Crippen molar-refractivity contribution in [3.8, 4) is 0 Å². The van der Waals surface area contributed by atoms with Crippen LogP contribution in [0.2, 0.25) is 0 Å². The molecule has 5 nitrogen and oxygen atoms in total. The SMILES string of the molecule is O=c1cccc[nH]1.O=c1ccnc[nH]1.[2HH].[2H][2H].[2H][2H].[2H][2H].[2H][2H].[2H][2H].[2H][2H].[2H][2H]. The van der Waals surface area contributed by atoms with Gasteiger partial charge in [0.1, 0.15) is 0 Å². The molecule has 0 fully saturated rings. The minimum Gasteiger partial charge on any atom is -0.329 e. The maximum atomic E-state index is 10.2. The van der Waals surface area contributed by atoms with E-state index in [0.29, 0.717) is 0 Å². The molecule has 5 heteroatoms. The molecule has 14 heavy (non-hydrogen) atoms. The third kappa shape index (κ3) is 4.01. The average molecular weight is 222 g/mol. The molecule has 0 unspecified atom stereocenters. The second-order valence-corrected chi connectivity index (χ2v) is 2.33. The van der Waals surface area contributed by atoms with Crippen molar-refractivity contribution in [2.75, 3.05) is 0 Å². The van der Waals surface area contributed by atoms with Crippen molar-refractivity contribution in [2.45, 2.75) is 0 Å². The van der Waals surface area contributed by atoms with E-state index in [0.717, 1.165) is 0 Å². The number of rotatable bonds is 0. The smallest absolute Gasteiger partial charge is 0.250 e. The lowest BCUT2D eigenvalue weighted by Crippen LogP contribution is -2.00. The summed E-state index contributed by atoms with van der Waals surface area (Å²) in [5, 5.41) is 0. The van der Waals surface area contributed by atoms with Crippen LogP contribution in [-0.2, 0) is 0 Å². The molecule has 0 atom stereocenters. The number of hydrogen-bond acceptors (Lipinski definition) is 3. The van der Waals surface area contributed by atoms with Crippen LogP contribution in [0, 0.1) is 0 Å². The summed E-state index contributed by atoms with van der Waals surface area (Å²) in [5.41, 5.74) is -0.169. The van der Waals surface area contributed by atoms with Gasteiger partial charge in [-0.05, 0) is 6.07 Å². The number of aromatic amines is 2. The highest BCUT2D eigenvalue weighted by molar-refractivity contribution is 4.89. The summed E-state index contributed by atoms with van der Waals surface area (Å²) in [6.07, 6.45) is 4.39. The first-order chi connectivity index (χ1) is 13.8. The van der Waals surface area contributed by atoms with Gasteiger partial charge in [-0.15, -0.1) is 0 Å². The number of aromatic nitrogens is 3. The van der Waals surface area contributed by atoms with Gasteiger partial charge in [-0.1, -0.05) is 6.07 Å². The Kier molecular flexibility index (Phi) is 1.53. The molecule has 0 aliphatic rings. The van der Waals surface area contributed by atoms with Crippen molar-refractivity contribution in [2.24, 2.45) is 0 Å². The fourth-order valence-corrected chi connectivity index (χ4v) is 0.680. The fraction of sp³-hybridized carbons (Fsp3) is 0. The van der Waals surface area contributed by atoms with Crippen LogP contribution in [0.1, 0.15) is 22.2 Å². The molecule has 88 valence electrons. The number of nitrogens with one attached hydrogen (secondary N) is 2. The van der Waals surface area contributed by atoms with Gasteiger partial charge in [0.25, 0.3) is 5.56 Å². The quantitative estimate of drug-likeness (QED) is 0.716. The molecule has 2 rings (SSSR count). The average Bonchev–Trinajstić information content (AvgIpc) is 2.84. The normalized spacial score (nSPS) is 12.6. The Morgan fingerprint density at radius 1 is 1.14 bits per heavy atom. The van der Waals surface area contributed by atoms with Crippen molar-refractivity contribution < 1.29 is 22.2 Å². The molecular weight excluding hydrogens is 182 g/mol. The zero-order valence-corrected chi connectivity index (χ0v) is 7.31. The highest BCUT2D eigenvalue weighted by Crippen LogP contribution is 1.67. The van der Waals surface area contributed by atoms with Gasteiger partial charge in [-0.25, -0.2) is 4.98 Å². The molecular formula is C9H25N3O2. The molecule has 0 bridgehead atoms. The van der Waals surface area contributed by atoms with E-state index in [9.17, 15) is 9.59 Å². The first-order valence-electron chi connectivity index (χ1n) is 10.9. The predicted octanol–water partition coefficient (Wildman–Crippen LogP) is 2.11. The van der Waals surface area contributed by atoms with E-state index >= 15 is 0 Å². The van der Waals surface area contributed by atoms with Crippen molar-refractivity contribution in [1.82, 2.24) is 15.0 Å². The number of H-pyrrole nitrogens is 2. The largest absolute Gasteiger partial charge is 0.329 e. The van der Waals surface area contributed by atoms with E-state index in [-0.39, 0.29) is 12.5 Å². The van der Waals surface area contributed by atoms with Crippen LogP contribution < -0.4 is 11.1 Å². The lowest BCUT2D eigenvalue weighted by molar-refractivity contribution is 1.12. The summed E-state index contributed by atoms with van der Waals surface area (Å²) in [6.45, 7) is 0. The molecule has 0 saturated heterocycles. The van der Waals surface area contributed by atoms with Gasteiger partial charge in [-0.3, -0.25) is 9.59 Å². The topological polar surface area (TPSA) is 78.6 Å². The third-order valence-electron chi connectivity index (χ3n) is 1.27. The van der Waals surface area contributed by atoms with Crippen molar-refractivity contribution in [1.29, 1.82) is 0 Å². The van der Waals surface area contributed by atoms with Gasteiger partial charge in [0, 0.05) is 46.7 Å². The standard InChI is InChI=1S/C5H5NO.C4H4N2O.8H2/c7-5-3-1-2-4-6-5;7-4-1-2-5-3-6-4;;;;;;;;/h1-4H,(H,6,7);1-3H,(H,5,6,7);8*1H/i;;7*1+1D;1+1.